The van der Waals surface area contributed by atoms with Crippen LogP contribution in [0, 0.1) is 0 Å². The molecule has 9 heteroatoms. The highest BCUT2D eigenvalue weighted by Gasteiger charge is 2.20. The first-order chi connectivity index (χ1) is 13.7. The lowest BCUT2D eigenvalue weighted by Gasteiger charge is -2.35. The SMILES string of the molecule is COc1ccc(Nc2cnnc(N3CCN(c4ccccn4)CC3)n2)cc1Cl. The van der Waals surface area contributed by atoms with Gasteiger partial charge in [0.15, 0.2) is 5.82 Å². The molecule has 0 unspecified atom stereocenters. The van der Waals surface area contributed by atoms with Crippen LogP contribution in [0.15, 0.2) is 48.8 Å². The maximum Gasteiger partial charge on any atom is 0.247 e. The number of aromatic nitrogens is 4. The molecule has 1 N–H and O–H groups in total. The van der Waals surface area contributed by atoms with E-state index in [1.807, 2.05) is 30.5 Å². The molecule has 0 spiro atoms. The number of rotatable bonds is 5. The third kappa shape index (κ3) is 4.07. The third-order valence-corrected chi connectivity index (χ3v) is 4.80. The number of piperazine rings is 1. The van der Waals surface area contributed by atoms with Crippen LogP contribution in [-0.4, -0.2) is 53.5 Å². The van der Waals surface area contributed by atoms with Gasteiger partial charge in [-0.1, -0.05) is 17.7 Å². The molecular formula is C19H20ClN7O. The van der Waals surface area contributed by atoms with Gasteiger partial charge in [-0.2, -0.15) is 10.1 Å². The van der Waals surface area contributed by atoms with Gasteiger partial charge in [-0.05, 0) is 30.3 Å². The minimum absolute atomic E-state index is 0.528. The number of nitrogens with zero attached hydrogens (tertiary/aromatic N) is 6. The number of nitrogens with one attached hydrogen (secondary N) is 1. The van der Waals surface area contributed by atoms with Crippen LogP contribution in [0.2, 0.25) is 5.02 Å². The summed E-state index contributed by atoms with van der Waals surface area (Å²) in [7, 11) is 1.59. The Hall–Kier alpha value is -3.13. The summed E-state index contributed by atoms with van der Waals surface area (Å²) in [6.45, 7) is 3.31. The standard InChI is InChI=1S/C19H20ClN7O/c1-28-16-6-5-14(12-15(16)20)23-17-13-22-25-19(24-17)27-10-8-26(9-11-27)18-4-2-3-7-21-18/h2-7,12-13H,8-11H2,1H3,(H,23,24,25). The molecule has 1 fully saturated rings. The molecule has 0 radical (unpaired) electrons. The normalized spacial score (nSPS) is 14.1. The largest absolute Gasteiger partial charge is 0.495 e. The highest BCUT2D eigenvalue weighted by molar-refractivity contribution is 6.32. The number of anilines is 4. The van der Waals surface area contributed by atoms with Crippen molar-refractivity contribution in [2.45, 2.75) is 0 Å². The Bertz CT molecular complexity index is 933. The first-order valence-corrected chi connectivity index (χ1v) is 9.32. The van der Waals surface area contributed by atoms with E-state index in [-0.39, 0.29) is 0 Å². The predicted octanol–water partition coefficient (Wildman–Crippen LogP) is 3.00. The molecule has 28 heavy (non-hydrogen) atoms. The van der Waals surface area contributed by atoms with Crippen LogP contribution in [0.1, 0.15) is 0 Å². The number of hydrogen-bond donors (Lipinski definition) is 1. The Labute approximate surface area is 168 Å². The van der Waals surface area contributed by atoms with Crippen molar-refractivity contribution >= 4 is 34.9 Å². The zero-order chi connectivity index (χ0) is 19.3. The number of benzene rings is 1. The zero-order valence-corrected chi connectivity index (χ0v) is 16.2. The van der Waals surface area contributed by atoms with Gasteiger partial charge in [0, 0.05) is 38.1 Å². The van der Waals surface area contributed by atoms with Gasteiger partial charge >= 0.3 is 0 Å². The predicted molar refractivity (Wildman–Crippen MR) is 110 cm³/mol. The van der Waals surface area contributed by atoms with Crippen LogP contribution >= 0.6 is 11.6 Å². The summed E-state index contributed by atoms with van der Waals surface area (Å²) in [5, 5.41) is 12.0. The van der Waals surface area contributed by atoms with Gasteiger partial charge < -0.3 is 19.9 Å². The van der Waals surface area contributed by atoms with Crippen molar-refractivity contribution in [3.8, 4) is 5.75 Å². The molecule has 0 aliphatic carbocycles. The molecule has 144 valence electrons. The number of halogens is 1. The van der Waals surface area contributed by atoms with Crippen LogP contribution < -0.4 is 19.9 Å². The summed E-state index contributed by atoms with van der Waals surface area (Å²) in [5.41, 5.74) is 0.803. The average molecular weight is 398 g/mol. The molecule has 0 saturated carbocycles. The van der Waals surface area contributed by atoms with E-state index in [0.29, 0.717) is 22.5 Å². The van der Waals surface area contributed by atoms with Crippen LogP contribution in [0.5, 0.6) is 5.75 Å². The van der Waals surface area contributed by atoms with Crippen LogP contribution in [-0.2, 0) is 0 Å². The van der Waals surface area contributed by atoms with E-state index in [1.165, 1.54) is 0 Å². The van der Waals surface area contributed by atoms with Gasteiger partial charge in [0.25, 0.3) is 0 Å². The summed E-state index contributed by atoms with van der Waals surface area (Å²) in [6, 6.07) is 11.4. The van der Waals surface area contributed by atoms with Crippen molar-refractivity contribution in [1.82, 2.24) is 20.2 Å². The maximum atomic E-state index is 6.18. The second-order valence-electron chi connectivity index (χ2n) is 6.28. The van der Waals surface area contributed by atoms with Crippen molar-refractivity contribution in [1.29, 1.82) is 0 Å². The van der Waals surface area contributed by atoms with E-state index in [1.54, 1.807) is 25.4 Å². The highest BCUT2D eigenvalue weighted by Crippen LogP contribution is 2.28. The molecule has 8 nitrogen and oxygen atoms in total. The minimum Gasteiger partial charge on any atom is -0.495 e. The van der Waals surface area contributed by atoms with Gasteiger partial charge in [-0.25, -0.2) is 4.98 Å². The van der Waals surface area contributed by atoms with E-state index in [0.717, 1.165) is 37.7 Å². The summed E-state index contributed by atoms with van der Waals surface area (Å²) < 4.78 is 5.18. The Balaban J connectivity index is 1.42. The Morgan fingerprint density at radius 3 is 2.61 bits per heavy atom. The first kappa shape index (κ1) is 18.2. The number of hydrogen-bond acceptors (Lipinski definition) is 8. The molecule has 0 amide bonds. The molecule has 1 aromatic carbocycles. The molecule has 1 aliphatic rings. The molecule has 1 saturated heterocycles. The summed E-state index contributed by atoms with van der Waals surface area (Å²) in [5.74, 6) is 2.83. The molecule has 0 atom stereocenters. The number of ether oxygens (including phenoxy) is 1. The molecule has 1 aliphatic heterocycles. The molecule has 3 aromatic rings. The van der Waals surface area contributed by atoms with Crippen molar-refractivity contribution in [3.05, 3.63) is 53.8 Å². The summed E-state index contributed by atoms with van der Waals surface area (Å²) in [6.07, 6.45) is 3.40. The van der Waals surface area contributed by atoms with E-state index in [9.17, 15) is 0 Å². The maximum absolute atomic E-state index is 6.18. The summed E-state index contributed by atoms with van der Waals surface area (Å²) in [4.78, 5) is 13.4. The quantitative estimate of drug-likeness (QED) is 0.703. The number of pyridine rings is 1. The monoisotopic (exact) mass is 397 g/mol. The summed E-state index contributed by atoms with van der Waals surface area (Å²) >= 11 is 6.18. The minimum atomic E-state index is 0.528. The van der Waals surface area contributed by atoms with E-state index in [2.05, 4.69) is 35.3 Å². The van der Waals surface area contributed by atoms with Crippen molar-refractivity contribution < 1.29 is 4.74 Å². The van der Waals surface area contributed by atoms with E-state index < -0.39 is 0 Å². The van der Waals surface area contributed by atoms with Gasteiger partial charge in [0.05, 0.1) is 18.3 Å². The molecule has 0 bridgehead atoms. The molecule has 3 heterocycles. The Kier molecular flexibility index (Phi) is 5.38. The lowest BCUT2D eigenvalue weighted by molar-refractivity contribution is 0.415. The van der Waals surface area contributed by atoms with Crippen LogP contribution in [0.3, 0.4) is 0 Å². The second kappa shape index (κ2) is 8.26. The third-order valence-electron chi connectivity index (χ3n) is 4.51. The fourth-order valence-corrected chi connectivity index (χ4v) is 3.31. The van der Waals surface area contributed by atoms with Gasteiger partial charge in [-0.15, -0.1) is 5.10 Å². The molecule has 2 aromatic heterocycles. The first-order valence-electron chi connectivity index (χ1n) is 8.94. The lowest BCUT2D eigenvalue weighted by atomic mass is 10.3. The fraction of sp³-hybridized carbons (Fsp3) is 0.263. The van der Waals surface area contributed by atoms with E-state index in [4.69, 9.17) is 16.3 Å². The molecule has 4 rings (SSSR count). The second-order valence-corrected chi connectivity index (χ2v) is 6.69. The van der Waals surface area contributed by atoms with Crippen molar-refractivity contribution in [2.24, 2.45) is 0 Å². The lowest BCUT2D eigenvalue weighted by Crippen LogP contribution is -2.47. The topological polar surface area (TPSA) is 79.3 Å². The molecular weight excluding hydrogens is 378 g/mol. The van der Waals surface area contributed by atoms with Crippen LogP contribution in [0.4, 0.5) is 23.3 Å². The van der Waals surface area contributed by atoms with Gasteiger partial charge in [-0.3, -0.25) is 0 Å². The van der Waals surface area contributed by atoms with Gasteiger partial charge in [0.1, 0.15) is 11.6 Å². The van der Waals surface area contributed by atoms with Crippen LogP contribution in [0.25, 0.3) is 0 Å². The van der Waals surface area contributed by atoms with Gasteiger partial charge in [0.2, 0.25) is 5.95 Å². The van der Waals surface area contributed by atoms with Crippen molar-refractivity contribution in [2.75, 3.05) is 48.4 Å². The smallest absolute Gasteiger partial charge is 0.247 e. The zero-order valence-electron chi connectivity index (χ0n) is 15.4. The Morgan fingerprint density at radius 1 is 1.07 bits per heavy atom. The van der Waals surface area contributed by atoms with E-state index >= 15 is 0 Å². The number of methoxy groups -OCH3 is 1. The highest BCUT2D eigenvalue weighted by atomic mass is 35.5. The Morgan fingerprint density at radius 2 is 1.89 bits per heavy atom. The fourth-order valence-electron chi connectivity index (χ4n) is 3.06. The van der Waals surface area contributed by atoms with Crippen molar-refractivity contribution in [3.63, 3.8) is 0 Å². The average Bonchev–Trinajstić information content (AvgIpc) is 2.75.